The number of nitrogens with one attached hydrogen (secondary N) is 1. The Morgan fingerprint density at radius 3 is 2.67 bits per heavy atom. The number of halogens is 1. The van der Waals surface area contributed by atoms with Crippen LogP contribution in [0.2, 0.25) is 0 Å². The van der Waals surface area contributed by atoms with Gasteiger partial charge in [0.2, 0.25) is 0 Å². The zero-order valence-corrected chi connectivity index (χ0v) is 12.3. The predicted molar refractivity (Wildman–Crippen MR) is 80.4 cm³/mol. The molecule has 2 rings (SSSR count). The Hall–Kier alpha value is -0.570. The summed E-state index contributed by atoms with van der Waals surface area (Å²) in [5.74, 6) is 0.881. The van der Waals surface area contributed by atoms with Crippen molar-refractivity contribution in [1.82, 2.24) is 10.2 Å². The quantitative estimate of drug-likeness (QED) is 0.903. The van der Waals surface area contributed by atoms with Gasteiger partial charge >= 0.3 is 0 Å². The molecule has 1 heterocycles. The van der Waals surface area contributed by atoms with Gasteiger partial charge in [-0.15, -0.1) is 12.4 Å². The Morgan fingerprint density at radius 2 is 2.00 bits per heavy atom. The van der Waals surface area contributed by atoms with Crippen molar-refractivity contribution in [2.45, 2.75) is 26.3 Å². The van der Waals surface area contributed by atoms with Crippen molar-refractivity contribution < 1.29 is 0 Å². The van der Waals surface area contributed by atoms with Crippen molar-refractivity contribution in [2.75, 3.05) is 26.7 Å². The smallest absolute Gasteiger partial charge is 0.0230 e. The van der Waals surface area contributed by atoms with Gasteiger partial charge in [0.1, 0.15) is 0 Å². The fourth-order valence-corrected chi connectivity index (χ4v) is 2.69. The SMILES string of the molecule is Cc1cccc(CN(C)CC2CCNCC2)c1.Cl. The molecule has 0 amide bonds. The molecule has 1 aliphatic rings. The molecule has 1 aromatic rings. The summed E-state index contributed by atoms with van der Waals surface area (Å²) in [5, 5.41) is 3.43. The highest BCUT2D eigenvalue weighted by atomic mass is 35.5. The van der Waals surface area contributed by atoms with E-state index in [2.05, 4.69) is 48.5 Å². The lowest BCUT2D eigenvalue weighted by molar-refractivity contribution is 0.234. The number of hydrogen-bond acceptors (Lipinski definition) is 2. The number of hydrogen-bond donors (Lipinski definition) is 1. The Balaban J connectivity index is 0.00000162. The molecule has 1 fully saturated rings. The van der Waals surface area contributed by atoms with E-state index in [9.17, 15) is 0 Å². The van der Waals surface area contributed by atoms with Crippen molar-refractivity contribution in [3.63, 3.8) is 0 Å². The second-order valence-corrected chi connectivity index (χ2v) is 5.38. The standard InChI is InChI=1S/C15H24N2.ClH/c1-13-4-3-5-15(10-13)12-17(2)11-14-6-8-16-9-7-14;/h3-5,10,14,16H,6-9,11-12H2,1-2H3;1H. The first-order valence-corrected chi connectivity index (χ1v) is 6.69. The molecule has 1 aliphatic heterocycles. The molecule has 1 N–H and O–H groups in total. The van der Waals surface area contributed by atoms with Crippen molar-refractivity contribution in [3.8, 4) is 0 Å². The van der Waals surface area contributed by atoms with Crippen LogP contribution in [0.25, 0.3) is 0 Å². The van der Waals surface area contributed by atoms with Crippen molar-refractivity contribution in [3.05, 3.63) is 35.4 Å². The minimum Gasteiger partial charge on any atom is -0.317 e. The van der Waals surface area contributed by atoms with Crippen molar-refractivity contribution in [2.24, 2.45) is 5.92 Å². The lowest BCUT2D eigenvalue weighted by Crippen LogP contribution is -2.34. The van der Waals surface area contributed by atoms with E-state index < -0.39 is 0 Å². The normalized spacial score (nSPS) is 16.6. The third-order valence-corrected chi connectivity index (χ3v) is 3.56. The summed E-state index contributed by atoms with van der Waals surface area (Å²) in [6.07, 6.45) is 2.66. The molecule has 0 saturated carbocycles. The summed E-state index contributed by atoms with van der Waals surface area (Å²) in [6.45, 7) is 6.86. The molecule has 0 spiro atoms. The van der Waals surface area contributed by atoms with Crippen LogP contribution in [0.3, 0.4) is 0 Å². The molecule has 0 aromatic heterocycles. The van der Waals surface area contributed by atoms with Crippen LogP contribution in [-0.4, -0.2) is 31.6 Å². The fourth-order valence-electron chi connectivity index (χ4n) is 2.69. The molecule has 0 radical (unpaired) electrons. The van der Waals surface area contributed by atoms with E-state index in [1.54, 1.807) is 0 Å². The summed E-state index contributed by atoms with van der Waals surface area (Å²) in [6, 6.07) is 8.84. The summed E-state index contributed by atoms with van der Waals surface area (Å²) in [4.78, 5) is 2.46. The summed E-state index contributed by atoms with van der Waals surface area (Å²) in [7, 11) is 2.24. The maximum absolute atomic E-state index is 3.43. The van der Waals surface area contributed by atoms with Gasteiger partial charge in [-0.25, -0.2) is 0 Å². The zero-order chi connectivity index (χ0) is 12.1. The first-order chi connectivity index (χ1) is 8.24. The van der Waals surface area contributed by atoms with Gasteiger partial charge in [0.25, 0.3) is 0 Å². The summed E-state index contributed by atoms with van der Waals surface area (Å²) >= 11 is 0. The van der Waals surface area contributed by atoms with Crippen LogP contribution in [0.5, 0.6) is 0 Å². The number of piperidine rings is 1. The molecule has 1 aromatic carbocycles. The van der Waals surface area contributed by atoms with E-state index in [-0.39, 0.29) is 12.4 Å². The molecular formula is C15H25ClN2. The van der Waals surface area contributed by atoms with Crippen molar-refractivity contribution in [1.29, 1.82) is 0 Å². The molecular weight excluding hydrogens is 244 g/mol. The number of nitrogens with zero attached hydrogens (tertiary/aromatic N) is 1. The molecule has 0 atom stereocenters. The van der Waals surface area contributed by atoms with Crippen molar-refractivity contribution >= 4 is 12.4 Å². The van der Waals surface area contributed by atoms with Crippen LogP contribution < -0.4 is 5.32 Å². The van der Waals surface area contributed by atoms with Gasteiger partial charge < -0.3 is 10.2 Å². The molecule has 102 valence electrons. The third-order valence-electron chi connectivity index (χ3n) is 3.56. The number of aryl methyl sites for hydroxylation is 1. The Morgan fingerprint density at radius 1 is 1.28 bits per heavy atom. The maximum Gasteiger partial charge on any atom is 0.0230 e. The molecule has 0 aliphatic carbocycles. The van der Waals surface area contributed by atoms with E-state index >= 15 is 0 Å². The number of benzene rings is 1. The second-order valence-electron chi connectivity index (χ2n) is 5.38. The van der Waals surface area contributed by atoms with E-state index in [1.165, 1.54) is 43.6 Å². The highest BCUT2D eigenvalue weighted by Crippen LogP contribution is 2.14. The van der Waals surface area contributed by atoms with Gasteiger partial charge in [-0.1, -0.05) is 29.8 Å². The maximum atomic E-state index is 3.43. The lowest BCUT2D eigenvalue weighted by atomic mass is 9.97. The fraction of sp³-hybridized carbons (Fsp3) is 0.600. The monoisotopic (exact) mass is 268 g/mol. The van der Waals surface area contributed by atoms with Gasteiger partial charge in [-0.3, -0.25) is 0 Å². The van der Waals surface area contributed by atoms with E-state index in [4.69, 9.17) is 0 Å². The van der Waals surface area contributed by atoms with Crippen LogP contribution in [0, 0.1) is 12.8 Å². The lowest BCUT2D eigenvalue weighted by Gasteiger charge is -2.27. The minimum atomic E-state index is 0. The Bertz CT molecular complexity index is 348. The van der Waals surface area contributed by atoms with Crippen LogP contribution in [0.1, 0.15) is 24.0 Å². The third kappa shape index (κ3) is 4.97. The van der Waals surface area contributed by atoms with Gasteiger partial charge in [0.15, 0.2) is 0 Å². The number of rotatable bonds is 4. The first kappa shape index (κ1) is 15.5. The Labute approximate surface area is 117 Å². The predicted octanol–water partition coefficient (Wildman–Crippen LogP) is 2.85. The second kappa shape index (κ2) is 7.78. The van der Waals surface area contributed by atoms with Crippen LogP contribution in [-0.2, 0) is 6.54 Å². The van der Waals surface area contributed by atoms with Crippen LogP contribution in [0.4, 0.5) is 0 Å². The van der Waals surface area contributed by atoms with Crippen LogP contribution in [0.15, 0.2) is 24.3 Å². The van der Waals surface area contributed by atoms with Gasteiger partial charge in [0.05, 0.1) is 0 Å². The summed E-state index contributed by atoms with van der Waals surface area (Å²) < 4.78 is 0. The highest BCUT2D eigenvalue weighted by molar-refractivity contribution is 5.85. The van der Waals surface area contributed by atoms with Gasteiger partial charge in [-0.05, 0) is 51.4 Å². The average molecular weight is 269 g/mol. The zero-order valence-electron chi connectivity index (χ0n) is 11.5. The van der Waals surface area contributed by atoms with Gasteiger partial charge in [0, 0.05) is 13.1 Å². The summed E-state index contributed by atoms with van der Waals surface area (Å²) in [5.41, 5.74) is 2.79. The molecule has 18 heavy (non-hydrogen) atoms. The first-order valence-electron chi connectivity index (χ1n) is 6.69. The van der Waals surface area contributed by atoms with E-state index in [1.807, 2.05) is 0 Å². The van der Waals surface area contributed by atoms with Gasteiger partial charge in [-0.2, -0.15) is 0 Å². The largest absolute Gasteiger partial charge is 0.317 e. The molecule has 1 saturated heterocycles. The van der Waals surface area contributed by atoms with E-state index in [0.29, 0.717) is 0 Å². The molecule has 3 heteroatoms. The minimum absolute atomic E-state index is 0. The Kier molecular flexibility index (Phi) is 6.69. The molecule has 0 unspecified atom stereocenters. The van der Waals surface area contributed by atoms with Crippen LogP contribution >= 0.6 is 12.4 Å². The van der Waals surface area contributed by atoms with E-state index in [0.717, 1.165) is 12.5 Å². The average Bonchev–Trinajstić information content (AvgIpc) is 2.30. The topological polar surface area (TPSA) is 15.3 Å². The highest BCUT2D eigenvalue weighted by Gasteiger charge is 2.14. The molecule has 0 bridgehead atoms. The molecule has 2 nitrogen and oxygen atoms in total.